The van der Waals surface area contributed by atoms with Crippen molar-refractivity contribution in [3.05, 3.63) is 81.5 Å². The molecule has 6 nitrogen and oxygen atoms in total. The number of rotatable bonds is 6. The van der Waals surface area contributed by atoms with Crippen molar-refractivity contribution in [1.29, 1.82) is 0 Å². The molecule has 0 bridgehead atoms. The number of hydrogen-bond donors (Lipinski definition) is 1. The summed E-state index contributed by atoms with van der Waals surface area (Å²) in [4.78, 5) is 10.2. The Morgan fingerprint density at radius 2 is 1.47 bits per heavy atom. The van der Waals surface area contributed by atoms with Crippen molar-refractivity contribution in [3.8, 4) is 11.5 Å². The highest BCUT2D eigenvalue weighted by Gasteiger charge is 2.33. The fraction of sp³-hybridized carbons (Fsp3) is 0.0500. The van der Waals surface area contributed by atoms with Crippen molar-refractivity contribution in [1.82, 2.24) is 0 Å². The van der Waals surface area contributed by atoms with Crippen LogP contribution in [0.15, 0.2) is 41.3 Å². The first-order valence-electron chi connectivity index (χ1n) is 8.73. The largest absolute Gasteiger partial charge is 0.457 e. The summed E-state index contributed by atoms with van der Waals surface area (Å²) < 4.78 is 99.8. The van der Waals surface area contributed by atoms with Crippen molar-refractivity contribution in [3.63, 3.8) is 0 Å². The minimum Gasteiger partial charge on any atom is -0.457 e. The molecule has 180 valence electrons. The topological polar surface area (TPSA) is 89.9 Å². The molecule has 0 saturated heterocycles. The first-order chi connectivity index (χ1) is 15.8. The number of benzene rings is 3. The van der Waals surface area contributed by atoms with E-state index in [1.807, 2.05) is 12.1 Å². The van der Waals surface area contributed by atoms with Crippen molar-refractivity contribution in [2.45, 2.75) is 11.5 Å². The average Bonchev–Trinajstić information content (AvgIpc) is 2.76. The standard InChI is InChI=1S/C20H9F4I3O6S/c21-13-15(23)19(34(29,30)31)16(24)14(22)18(13)33-11-3-1-8(2-4-11)20(28)32-7-9-5-10(25)6-12(26)17(9)27/h1-6H,7H2,(H,29,30,31). The van der Waals surface area contributed by atoms with E-state index in [0.717, 1.165) is 28.4 Å². The van der Waals surface area contributed by atoms with Crippen LogP contribution < -0.4 is 4.74 Å². The van der Waals surface area contributed by atoms with Gasteiger partial charge in [-0.25, -0.2) is 13.6 Å². The van der Waals surface area contributed by atoms with E-state index >= 15 is 0 Å². The molecule has 0 aromatic heterocycles. The van der Waals surface area contributed by atoms with Crippen LogP contribution in [0.4, 0.5) is 17.6 Å². The van der Waals surface area contributed by atoms with E-state index in [2.05, 4.69) is 67.8 Å². The molecule has 0 atom stereocenters. The minimum absolute atomic E-state index is 0.00269. The molecule has 1 N–H and O–H groups in total. The summed E-state index contributed by atoms with van der Waals surface area (Å²) in [5.41, 5.74) is 0.858. The molecule has 0 aliphatic carbocycles. The monoisotopic (exact) mass is 834 g/mol. The van der Waals surface area contributed by atoms with Crippen LogP contribution in [0.25, 0.3) is 0 Å². The van der Waals surface area contributed by atoms with Crippen molar-refractivity contribution in [2.24, 2.45) is 0 Å². The van der Waals surface area contributed by atoms with Gasteiger partial charge in [-0.3, -0.25) is 4.55 Å². The van der Waals surface area contributed by atoms with Crippen LogP contribution in [0, 0.1) is 34.0 Å². The quantitative estimate of drug-likeness (QED) is 0.101. The molecule has 34 heavy (non-hydrogen) atoms. The molecule has 3 aromatic carbocycles. The summed E-state index contributed by atoms with van der Waals surface area (Å²) in [5.74, 6) is -11.6. The van der Waals surface area contributed by atoms with Gasteiger partial charge in [0.25, 0.3) is 0 Å². The van der Waals surface area contributed by atoms with E-state index < -0.39 is 50.0 Å². The van der Waals surface area contributed by atoms with E-state index in [9.17, 15) is 30.8 Å². The molecule has 0 fully saturated rings. The first kappa shape index (κ1) is 27.3. The van der Waals surface area contributed by atoms with Crippen molar-refractivity contribution >= 4 is 83.9 Å². The van der Waals surface area contributed by atoms with Gasteiger partial charge in [0.1, 0.15) is 12.4 Å². The molecule has 0 aliphatic heterocycles. The van der Waals surface area contributed by atoms with Gasteiger partial charge in [0.05, 0.1) is 5.56 Å². The Balaban J connectivity index is 1.79. The van der Waals surface area contributed by atoms with Crippen LogP contribution in [-0.4, -0.2) is 18.9 Å². The molecule has 0 amide bonds. The molecule has 0 unspecified atom stereocenters. The fourth-order valence-corrected chi connectivity index (χ4v) is 5.69. The predicted octanol–water partition coefficient (Wildman–Crippen LogP) is 6.45. The molecule has 14 heteroatoms. The Morgan fingerprint density at radius 3 is 2.00 bits per heavy atom. The molecule has 3 aromatic rings. The number of esters is 1. The lowest BCUT2D eigenvalue weighted by Gasteiger charge is -2.12. The van der Waals surface area contributed by atoms with Gasteiger partial charge in [-0.05, 0) is 104 Å². The van der Waals surface area contributed by atoms with Gasteiger partial charge < -0.3 is 9.47 Å². The third kappa shape index (κ3) is 5.93. The maximum Gasteiger partial charge on any atom is 0.338 e. The highest BCUT2D eigenvalue weighted by molar-refractivity contribution is 14.1. The lowest BCUT2D eigenvalue weighted by atomic mass is 10.2. The molecular formula is C20H9F4I3O6S. The summed E-state index contributed by atoms with van der Waals surface area (Å²) >= 11 is 6.43. The smallest absolute Gasteiger partial charge is 0.338 e. The Bertz CT molecular complexity index is 1370. The summed E-state index contributed by atoms with van der Waals surface area (Å²) in [5, 5.41) is 0. The maximum atomic E-state index is 14.1. The van der Waals surface area contributed by atoms with E-state index in [1.165, 1.54) is 12.1 Å². The van der Waals surface area contributed by atoms with E-state index in [4.69, 9.17) is 14.0 Å². The Hall–Kier alpha value is -1.25. The summed E-state index contributed by atoms with van der Waals surface area (Å²) in [6, 6.07) is 8.38. The van der Waals surface area contributed by atoms with E-state index in [1.54, 1.807) is 0 Å². The fourth-order valence-electron chi connectivity index (χ4n) is 2.63. The van der Waals surface area contributed by atoms with Gasteiger partial charge in [0.15, 0.2) is 16.5 Å². The summed E-state index contributed by atoms with van der Waals surface area (Å²) in [6.45, 7) is -0.00269. The van der Waals surface area contributed by atoms with Gasteiger partial charge in [0, 0.05) is 16.3 Å². The number of ether oxygens (including phenoxy) is 2. The molecular weight excluding hydrogens is 825 g/mol. The van der Waals surface area contributed by atoms with Crippen molar-refractivity contribution in [2.75, 3.05) is 0 Å². The van der Waals surface area contributed by atoms with Gasteiger partial charge in [-0.2, -0.15) is 17.2 Å². The Labute approximate surface area is 231 Å². The maximum absolute atomic E-state index is 14.1. The number of hydrogen-bond acceptors (Lipinski definition) is 5. The second-order valence-electron chi connectivity index (χ2n) is 6.45. The van der Waals surface area contributed by atoms with Gasteiger partial charge in [-0.1, -0.05) is 0 Å². The predicted molar refractivity (Wildman–Crippen MR) is 136 cm³/mol. The van der Waals surface area contributed by atoms with Crippen LogP contribution >= 0.6 is 67.8 Å². The van der Waals surface area contributed by atoms with E-state index in [-0.39, 0.29) is 17.9 Å². The molecule has 0 aliphatic rings. The lowest BCUT2D eigenvalue weighted by molar-refractivity contribution is 0.0471. The number of halogens is 7. The number of carbonyl (C=O) groups excluding carboxylic acids is 1. The molecule has 0 radical (unpaired) electrons. The van der Waals surface area contributed by atoms with E-state index in [0.29, 0.717) is 0 Å². The third-order valence-electron chi connectivity index (χ3n) is 4.18. The van der Waals surface area contributed by atoms with Gasteiger partial charge in [0.2, 0.25) is 17.4 Å². The zero-order valence-corrected chi connectivity index (χ0v) is 23.5. The average molecular weight is 834 g/mol. The Kier molecular flexibility index (Phi) is 8.68. The zero-order chi connectivity index (χ0) is 25.4. The highest BCUT2D eigenvalue weighted by Crippen LogP contribution is 2.35. The second-order valence-corrected chi connectivity index (χ2v) is 11.3. The molecule has 0 saturated carbocycles. The SMILES string of the molecule is O=C(OCc1cc(I)cc(I)c1I)c1ccc(Oc2c(F)c(F)c(S(=O)(=O)O)c(F)c2F)cc1. The van der Waals surface area contributed by atoms with Crippen LogP contribution in [0.1, 0.15) is 15.9 Å². The van der Waals surface area contributed by atoms with Crippen LogP contribution in [0.2, 0.25) is 0 Å². The minimum atomic E-state index is -5.59. The van der Waals surface area contributed by atoms with Crippen molar-refractivity contribution < 1.29 is 44.8 Å². The van der Waals surface area contributed by atoms with Crippen LogP contribution in [0.3, 0.4) is 0 Å². The lowest BCUT2D eigenvalue weighted by Crippen LogP contribution is -2.11. The first-order valence-corrected chi connectivity index (χ1v) is 13.4. The van der Waals surface area contributed by atoms with Gasteiger partial charge >= 0.3 is 16.1 Å². The molecule has 3 rings (SSSR count). The summed E-state index contributed by atoms with van der Waals surface area (Å²) in [6.07, 6.45) is 0. The third-order valence-corrected chi connectivity index (χ3v) is 8.83. The number of carbonyl (C=O) groups is 1. The Morgan fingerprint density at radius 1 is 0.912 bits per heavy atom. The molecule has 0 heterocycles. The van der Waals surface area contributed by atoms with Crippen LogP contribution in [-0.2, 0) is 21.5 Å². The highest BCUT2D eigenvalue weighted by atomic mass is 127. The van der Waals surface area contributed by atoms with Crippen LogP contribution in [0.5, 0.6) is 11.5 Å². The normalized spacial score (nSPS) is 11.4. The summed E-state index contributed by atoms with van der Waals surface area (Å²) in [7, 11) is -5.59. The van der Waals surface area contributed by atoms with Gasteiger partial charge in [-0.15, -0.1) is 0 Å². The second kappa shape index (κ2) is 10.8. The molecule has 0 spiro atoms. The zero-order valence-electron chi connectivity index (χ0n) is 16.2.